The van der Waals surface area contributed by atoms with Gasteiger partial charge in [0.2, 0.25) is 0 Å². The van der Waals surface area contributed by atoms with Crippen molar-refractivity contribution in [2.75, 3.05) is 0 Å². The van der Waals surface area contributed by atoms with Crippen LogP contribution in [0.5, 0.6) is 0 Å². The molecule has 0 amide bonds. The molecule has 2 N–H and O–H groups in total. The van der Waals surface area contributed by atoms with Gasteiger partial charge in [-0.1, -0.05) is 13.8 Å². The van der Waals surface area contributed by atoms with E-state index in [9.17, 15) is 0 Å². The number of rotatable bonds is 2. The maximum atomic E-state index is 6.18. The molecule has 0 saturated heterocycles. The molecule has 1 aromatic heterocycles. The van der Waals surface area contributed by atoms with Gasteiger partial charge in [0.15, 0.2) is 0 Å². The summed E-state index contributed by atoms with van der Waals surface area (Å²) in [6.45, 7) is 4.62. The van der Waals surface area contributed by atoms with Crippen LogP contribution >= 0.6 is 0 Å². The second-order valence-electron chi connectivity index (χ2n) is 5.06. The van der Waals surface area contributed by atoms with Crippen LogP contribution in [0.3, 0.4) is 0 Å². The summed E-state index contributed by atoms with van der Waals surface area (Å²) in [7, 11) is 0. The molecule has 3 atom stereocenters. The fourth-order valence-electron chi connectivity index (χ4n) is 2.62. The van der Waals surface area contributed by atoms with Crippen molar-refractivity contribution in [3.8, 4) is 0 Å². The first-order valence-electron chi connectivity index (χ1n) is 5.91. The Kier molecular flexibility index (Phi) is 3.10. The van der Waals surface area contributed by atoms with Gasteiger partial charge in [0.25, 0.3) is 0 Å². The summed E-state index contributed by atoms with van der Waals surface area (Å²) >= 11 is 0. The molecule has 0 aromatic carbocycles. The number of hydrogen-bond acceptors (Lipinski definition) is 2. The van der Waals surface area contributed by atoms with Crippen LogP contribution in [-0.2, 0) is 0 Å². The van der Waals surface area contributed by atoms with Gasteiger partial charge in [0.1, 0.15) is 0 Å². The minimum atomic E-state index is 0.300. The van der Waals surface area contributed by atoms with Crippen LogP contribution in [0.4, 0.5) is 0 Å². The lowest BCUT2D eigenvalue weighted by atomic mass is 9.77. The van der Waals surface area contributed by atoms with Gasteiger partial charge in [0, 0.05) is 24.5 Å². The lowest BCUT2D eigenvalue weighted by Crippen LogP contribution is -2.38. The van der Waals surface area contributed by atoms with E-state index < -0.39 is 0 Å². The van der Waals surface area contributed by atoms with E-state index in [2.05, 4.69) is 23.4 Å². The van der Waals surface area contributed by atoms with E-state index >= 15 is 0 Å². The van der Waals surface area contributed by atoms with Crippen molar-refractivity contribution in [1.29, 1.82) is 0 Å². The summed E-state index contributed by atoms with van der Waals surface area (Å²) in [5.41, 5.74) is 6.18. The van der Waals surface area contributed by atoms with Crippen LogP contribution in [0.25, 0.3) is 0 Å². The maximum absolute atomic E-state index is 6.18. The predicted octanol–water partition coefficient (Wildman–Crippen LogP) is 2.21. The molecule has 1 heterocycles. The summed E-state index contributed by atoms with van der Waals surface area (Å²) in [6, 6.07) is 0.753. The Bertz CT molecular complexity index is 292. The molecule has 2 rings (SSSR count). The fraction of sp³-hybridized carbons (Fsp3) is 0.750. The highest BCUT2D eigenvalue weighted by Gasteiger charge is 2.30. The first kappa shape index (κ1) is 10.7. The zero-order chi connectivity index (χ0) is 10.8. The van der Waals surface area contributed by atoms with E-state index in [0.717, 1.165) is 18.3 Å². The van der Waals surface area contributed by atoms with E-state index in [-0.39, 0.29) is 0 Å². The van der Waals surface area contributed by atoms with Gasteiger partial charge < -0.3 is 10.3 Å². The number of imidazole rings is 1. The molecule has 1 saturated carbocycles. The molecule has 0 radical (unpaired) electrons. The summed E-state index contributed by atoms with van der Waals surface area (Å²) in [4.78, 5) is 4.11. The molecule has 0 aliphatic heterocycles. The zero-order valence-electron chi connectivity index (χ0n) is 9.63. The van der Waals surface area contributed by atoms with Gasteiger partial charge in [-0.2, -0.15) is 0 Å². The number of hydrogen-bond donors (Lipinski definition) is 1. The monoisotopic (exact) mass is 207 g/mol. The van der Waals surface area contributed by atoms with Crippen molar-refractivity contribution in [3.63, 3.8) is 0 Å². The Hall–Kier alpha value is -0.830. The van der Waals surface area contributed by atoms with E-state index in [0.29, 0.717) is 12.1 Å². The van der Waals surface area contributed by atoms with Crippen LogP contribution in [0.15, 0.2) is 18.7 Å². The van der Waals surface area contributed by atoms with Crippen molar-refractivity contribution in [1.82, 2.24) is 9.55 Å². The molecule has 1 aromatic rings. The summed E-state index contributed by atoms with van der Waals surface area (Å²) in [6.07, 6.45) is 9.40. The summed E-state index contributed by atoms with van der Waals surface area (Å²) in [5.74, 6) is 1.58. The van der Waals surface area contributed by atoms with Crippen molar-refractivity contribution >= 4 is 0 Å². The summed E-state index contributed by atoms with van der Waals surface area (Å²) < 4.78 is 2.18. The highest BCUT2D eigenvalue weighted by atomic mass is 15.1. The molecule has 0 spiro atoms. The molecule has 0 bridgehead atoms. The number of aromatic nitrogens is 2. The van der Waals surface area contributed by atoms with Gasteiger partial charge in [-0.15, -0.1) is 0 Å². The third kappa shape index (κ3) is 2.23. The van der Waals surface area contributed by atoms with E-state index in [1.807, 2.05) is 18.7 Å². The standard InChI is InChI=1S/C12H21N3/c1-9(2)10-3-4-11(13)12(7-10)15-6-5-14-8-15/h5-6,8-12H,3-4,7,13H2,1-2H3. The number of nitrogens with two attached hydrogens (primary N) is 1. The van der Waals surface area contributed by atoms with Crippen LogP contribution in [-0.4, -0.2) is 15.6 Å². The molecule has 3 heteroatoms. The number of nitrogens with zero attached hydrogens (tertiary/aromatic N) is 2. The largest absolute Gasteiger partial charge is 0.333 e. The van der Waals surface area contributed by atoms with Crippen LogP contribution < -0.4 is 5.73 Å². The first-order chi connectivity index (χ1) is 7.18. The Labute approximate surface area is 91.7 Å². The Morgan fingerprint density at radius 2 is 2.20 bits per heavy atom. The van der Waals surface area contributed by atoms with Crippen molar-refractivity contribution in [2.45, 2.75) is 45.2 Å². The average Bonchev–Trinajstić information content (AvgIpc) is 2.71. The van der Waals surface area contributed by atoms with E-state index in [1.165, 1.54) is 12.8 Å². The van der Waals surface area contributed by atoms with Gasteiger partial charge in [0.05, 0.1) is 6.33 Å². The molecule has 3 unspecified atom stereocenters. The second kappa shape index (κ2) is 4.35. The maximum Gasteiger partial charge on any atom is 0.0949 e. The highest BCUT2D eigenvalue weighted by molar-refractivity contribution is 4.91. The molecule has 1 aliphatic carbocycles. The molecule has 84 valence electrons. The lowest BCUT2D eigenvalue weighted by Gasteiger charge is -2.36. The topological polar surface area (TPSA) is 43.8 Å². The Balaban J connectivity index is 2.09. The molecule has 1 aliphatic rings. The van der Waals surface area contributed by atoms with Crippen molar-refractivity contribution in [3.05, 3.63) is 18.7 Å². The second-order valence-corrected chi connectivity index (χ2v) is 5.06. The van der Waals surface area contributed by atoms with E-state index in [4.69, 9.17) is 5.73 Å². The molecule has 15 heavy (non-hydrogen) atoms. The molecule has 1 fully saturated rings. The smallest absolute Gasteiger partial charge is 0.0949 e. The Morgan fingerprint density at radius 1 is 1.40 bits per heavy atom. The van der Waals surface area contributed by atoms with Crippen molar-refractivity contribution < 1.29 is 0 Å². The van der Waals surface area contributed by atoms with Crippen LogP contribution in [0.1, 0.15) is 39.2 Å². The molecule has 3 nitrogen and oxygen atoms in total. The van der Waals surface area contributed by atoms with Crippen LogP contribution in [0, 0.1) is 11.8 Å². The fourth-order valence-corrected chi connectivity index (χ4v) is 2.62. The van der Waals surface area contributed by atoms with Gasteiger partial charge in [-0.3, -0.25) is 0 Å². The van der Waals surface area contributed by atoms with Gasteiger partial charge in [-0.05, 0) is 31.1 Å². The average molecular weight is 207 g/mol. The summed E-state index contributed by atoms with van der Waals surface area (Å²) in [5, 5.41) is 0. The quantitative estimate of drug-likeness (QED) is 0.808. The zero-order valence-corrected chi connectivity index (χ0v) is 9.63. The minimum Gasteiger partial charge on any atom is -0.333 e. The first-order valence-corrected chi connectivity index (χ1v) is 5.91. The third-order valence-electron chi connectivity index (χ3n) is 3.76. The van der Waals surface area contributed by atoms with E-state index in [1.54, 1.807) is 0 Å². The normalized spacial score (nSPS) is 32.1. The van der Waals surface area contributed by atoms with Gasteiger partial charge in [-0.25, -0.2) is 4.98 Å². The predicted molar refractivity (Wildman–Crippen MR) is 61.4 cm³/mol. The highest BCUT2D eigenvalue weighted by Crippen LogP contribution is 2.35. The molecular weight excluding hydrogens is 186 g/mol. The lowest BCUT2D eigenvalue weighted by molar-refractivity contribution is 0.193. The molecular formula is C12H21N3. The minimum absolute atomic E-state index is 0.300. The third-order valence-corrected chi connectivity index (χ3v) is 3.76. The SMILES string of the molecule is CC(C)C1CCC(N)C(n2ccnc2)C1. The Morgan fingerprint density at radius 3 is 2.80 bits per heavy atom. The van der Waals surface area contributed by atoms with Crippen molar-refractivity contribution in [2.24, 2.45) is 17.6 Å². The van der Waals surface area contributed by atoms with Crippen LogP contribution in [0.2, 0.25) is 0 Å². The van der Waals surface area contributed by atoms with Gasteiger partial charge >= 0.3 is 0 Å².